The molecule has 0 saturated carbocycles. The number of carbonyl (C=O) groups excluding carboxylic acids is 3. The number of fused-ring (bicyclic) bond motifs is 7. The molecular formula is C35H30N4O3. The summed E-state index contributed by atoms with van der Waals surface area (Å²) in [6.45, 7) is 0.352. The van der Waals surface area contributed by atoms with E-state index in [-0.39, 0.29) is 17.7 Å². The molecule has 3 heterocycles. The fourth-order valence-electron chi connectivity index (χ4n) is 6.37. The zero-order valence-corrected chi connectivity index (χ0v) is 22.9. The van der Waals surface area contributed by atoms with E-state index in [2.05, 4.69) is 15.6 Å². The van der Waals surface area contributed by atoms with Crippen LogP contribution in [-0.4, -0.2) is 39.7 Å². The molecule has 0 fully saturated rings. The van der Waals surface area contributed by atoms with Crippen LogP contribution in [0.3, 0.4) is 0 Å². The maximum atomic E-state index is 14.2. The SMILES string of the molecule is O=C(NCc1ccccc1)[C@H](Cc1ccccc1)NC(=O)[C@@H]1Cc2c([nH]c3ccccc23)C2c3ccccc3C(=O)N21. The van der Waals surface area contributed by atoms with Crippen molar-refractivity contribution in [3.8, 4) is 0 Å². The number of aromatic amines is 1. The topological polar surface area (TPSA) is 94.3 Å². The molecule has 3 amide bonds. The summed E-state index contributed by atoms with van der Waals surface area (Å²) in [7, 11) is 0. The molecule has 0 spiro atoms. The van der Waals surface area contributed by atoms with Crippen molar-refractivity contribution in [3.63, 3.8) is 0 Å². The second kappa shape index (κ2) is 10.7. The van der Waals surface area contributed by atoms with E-state index in [0.717, 1.165) is 38.9 Å². The molecule has 3 atom stereocenters. The lowest BCUT2D eigenvalue weighted by Crippen LogP contribution is -2.57. The molecule has 42 heavy (non-hydrogen) atoms. The van der Waals surface area contributed by atoms with Gasteiger partial charge in [-0.05, 0) is 34.4 Å². The van der Waals surface area contributed by atoms with E-state index >= 15 is 0 Å². The summed E-state index contributed by atoms with van der Waals surface area (Å²) in [5.41, 5.74) is 6.34. The Morgan fingerprint density at radius 2 is 1.50 bits per heavy atom. The standard InChI is InChI=1S/C35H30N4O3/c40-33(36-21-23-13-5-2-6-14-23)29(19-22-11-3-1-4-12-22)38-34(41)30-20-27-24-15-9-10-18-28(24)37-31(27)32-25-16-7-8-17-26(25)35(42)39(30)32/h1-18,29-30,32,37H,19-21H2,(H,36,40)(H,38,41)/t29-,30-,32?/m0/s1. The number of nitrogens with zero attached hydrogens (tertiary/aromatic N) is 1. The summed E-state index contributed by atoms with van der Waals surface area (Å²) >= 11 is 0. The first-order chi connectivity index (χ1) is 20.6. The molecule has 0 aliphatic carbocycles. The van der Waals surface area contributed by atoms with Gasteiger partial charge in [-0.2, -0.15) is 0 Å². The van der Waals surface area contributed by atoms with Gasteiger partial charge in [0.2, 0.25) is 11.8 Å². The fraction of sp³-hybridized carbons (Fsp3) is 0.171. The highest BCUT2D eigenvalue weighted by atomic mass is 16.2. The summed E-state index contributed by atoms with van der Waals surface area (Å²) < 4.78 is 0. The maximum Gasteiger partial charge on any atom is 0.255 e. The largest absolute Gasteiger partial charge is 0.356 e. The highest BCUT2D eigenvalue weighted by molar-refractivity contribution is 6.04. The number of nitrogens with one attached hydrogen (secondary N) is 3. The van der Waals surface area contributed by atoms with Gasteiger partial charge in [0.1, 0.15) is 12.1 Å². The molecule has 3 N–H and O–H groups in total. The molecule has 7 rings (SSSR count). The van der Waals surface area contributed by atoms with E-state index in [1.807, 2.05) is 109 Å². The van der Waals surface area contributed by atoms with Gasteiger partial charge in [0, 0.05) is 41.5 Å². The number of H-pyrrole nitrogens is 1. The molecule has 7 nitrogen and oxygen atoms in total. The molecule has 0 saturated heterocycles. The minimum absolute atomic E-state index is 0.173. The van der Waals surface area contributed by atoms with Crippen molar-refractivity contribution >= 4 is 28.6 Å². The van der Waals surface area contributed by atoms with E-state index in [1.54, 1.807) is 4.90 Å². The lowest BCUT2D eigenvalue weighted by Gasteiger charge is -2.37. The summed E-state index contributed by atoms with van der Waals surface area (Å²) in [6.07, 6.45) is 0.682. The molecule has 208 valence electrons. The first-order valence-electron chi connectivity index (χ1n) is 14.3. The lowest BCUT2D eigenvalue weighted by atomic mass is 9.89. The summed E-state index contributed by atoms with van der Waals surface area (Å²) in [4.78, 5) is 46.7. The van der Waals surface area contributed by atoms with Crippen LogP contribution in [0.15, 0.2) is 109 Å². The van der Waals surface area contributed by atoms with Gasteiger partial charge in [-0.15, -0.1) is 0 Å². The van der Waals surface area contributed by atoms with Crippen molar-refractivity contribution in [2.24, 2.45) is 0 Å². The Morgan fingerprint density at radius 1 is 0.833 bits per heavy atom. The van der Waals surface area contributed by atoms with Crippen LogP contribution in [0.1, 0.15) is 44.3 Å². The predicted octanol–water partition coefficient (Wildman–Crippen LogP) is 4.68. The molecule has 2 aliphatic heterocycles. The highest BCUT2D eigenvalue weighted by Crippen LogP contribution is 2.46. The van der Waals surface area contributed by atoms with Crippen LogP contribution in [0, 0.1) is 0 Å². The Hall–Kier alpha value is -5.17. The van der Waals surface area contributed by atoms with Gasteiger partial charge >= 0.3 is 0 Å². The molecule has 5 aromatic rings. The normalized spacial score (nSPS) is 17.7. The number of hydrogen-bond acceptors (Lipinski definition) is 3. The number of para-hydroxylation sites is 1. The predicted molar refractivity (Wildman–Crippen MR) is 161 cm³/mol. The van der Waals surface area contributed by atoms with E-state index in [9.17, 15) is 14.4 Å². The van der Waals surface area contributed by atoms with Crippen LogP contribution in [0.25, 0.3) is 10.9 Å². The van der Waals surface area contributed by atoms with E-state index < -0.39 is 18.1 Å². The minimum Gasteiger partial charge on any atom is -0.356 e. The zero-order chi connectivity index (χ0) is 28.6. The van der Waals surface area contributed by atoms with Crippen molar-refractivity contribution in [2.45, 2.75) is 37.5 Å². The Balaban J connectivity index is 1.22. The third-order valence-electron chi connectivity index (χ3n) is 8.38. The van der Waals surface area contributed by atoms with Gasteiger partial charge in [-0.1, -0.05) is 97.1 Å². The monoisotopic (exact) mass is 554 g/mol. The van der Waals surface area contributed by atoms with E-state index in [0.29, 0.717) is 24.9 Å². The molecule has 1 aromatic heterocycles. The number of benzene rings is 4. The Kier molecular flexibility index (Phi) is 6.55. The van der Waals surface area contributed by atoms with Gasteiger partial charge in [-0.25, -0.2) is 0 Å². The number of amides is 3. The number of carbonyl (C=O) groups is 3. The Bertz CT molecular complexity index is 1800. The summed E-state index contributed by atoms with van der Waals surface area (Å²) in [6, 6.07) is 32.9. The smallest absolute Gasteiger partial charge is 0.255 e. The van der Waals surface area contributed by atoms with Crippen LogP contribution < -0.4 is 10.6 Å². The van der Waals surface area contributed by atoms with Gasteiger partial charge in [0.15, 0.2) is 0 Å². The second-order valence-electron chi connectivity index (χ2n) is 10.9. The van der Waals surface area contributed by atoms with Crippen molar-refractivity contribution < 1.29 is 14.4 Å². The molecular weight excluding hydrogens is 524 g/mol. The first kappa shape index (κ1) is 25.8. The first-order valence-corrected chi connectivity index (χ1v) is 14.3. The number of hydrogen-bond donors (Lipinski definition) is 3. The summed E-state index contributed by atoms with van der Waals surface area (Å²) in [5, 5.41) is 7.09. The van der Waals surface area contributed by atoms with Crippen molar-refractivity contribution in [2.75, 3.05) is 0 Å². The summed E-state index contributed by atoms with van der Waals surface area (Å²) in [5.74, 6) is -0.784. The Morgan fingerprint density at radius 3 is 2.29 bits per heavy atom. The third kappa shape index (κ3) is 4.53. The average Bonchev–Trinajstić information content (AvgIpc) is 3.55. The zero-order valence-electron chi connectivity index (χ0n) is 22.9. The van der Waals surface area contributed by atoms with Gasteiger partial charge in [-0.3, -0.25) is 14.4 Å². The van der Waals surface area contributed by atoms with Crippen molar-refractivity contribution in [1.82, 2.24) is 20.5 Å². The number of rotatable bonds is 7. The van der Waals surface area contributed by atoms with Crippen LogP contribution in [0.5, 0.6) is 0 Å². The van der Waals surface area contributed by atoms with E-state index in [4.69, 9.17) is 0 Å². The van der Waals surface area contributed by atoms with Crippen molar-refractivity contribution in [1.29, 1.82) is 0 Å². The van der Waals surface area contributed by atoms with Crippen LogP contribution in [0.4, 0.5) is 0 Å². The molecule has 1 unspecified atom stereocenters. The maximum absolute atomic E-state index is 14.2. The van der Waals surface area contributed by atoms with Gasteiger partial charge in [0.05, 0.1) is 6.04 Å². The van der Waals surface area contributed by atoms with Crippen molar-refractivity contribution in [3.05, 3.63) is 143 Å². The van der Waals surface area contributed by atoms with Crippen LogP contribution in [0.2, 0.25) is 0 Å². The van der Waals surface area contributed by atoms with Gasteiger partial charge < -0.3 is 20.5 Å². The van der Waals surface area contributed by atoms with Gasteiger partial charge in [0.25, 0.3) is 5.91 Å². The highest BCUT2D eigenvalue weighted by Gasteiger charge is 2.49. The van der Waals surface area contributed by atoms with Crippen LogP contribution in [-0.2, 0) is 29.0 Å². The fourth-order valence-corrected chi connectivity index (χ4v) is 6.37. The Labute approximate surface area is 243 Å². The lowest BCUT2D eigenvalue weighted by molar-refractivity contribution is -0.132. The van der Waals surface area contributed by atoms with E-state index in [1.165, 1.54) is 0 Å². The molecule has 7 heteroatoms. The average molecular weight is 555 g/mol. The number of aromatic nitrogens is 1. The third-order valence-corrected chi connectivity index (χ3v) is 8.38. The molecule has 0 radical (unpaired) electrons. The molecule has 4 aromatic carbocycles. The quantitative estimate of drug-likeness (QED) is 0.273. The second-order valence-corrected chi connectivity index (χ2v) is 10.9. The van der Waals surface area contributed by atoms with Crippen LogP contribution >= 0.6 is 0 Å². The minimum atomic E-state index is -0.813. The molecule has 0 bridgehead atoms. The molecule has 2 aliphatic rings.